The van der Waals surface area contributed by atoms with Crippen molar-refractivity contribution in [1.29, 1.82) is 0 Å². The van der Waals surface area contributed by atoms with E-state index >= 15 is 0 Å². The summed E-state index contributed by atoms with van der Waals surface area (Å²) in [4.78, 5) is 26.1. The second-order valence-electron chi connectivity index (χ2n) is 3.21. The third kappa shape index (κ3) is 2.69. The molecule has 1 heterocycles. The third-order valence-electron chi connectivity index (χ3n) is 2.07. The van der Waals surface area contributed by atoms with Crippen LogP contribution in [0.1, 0.15) is 23.8 Å². The second-order valence-corrected chi connectivity index (χ2v) is 3.21. The van der Waals surface area contributed by atoms with Crippen LogP contribution in [0.2, 0.25) is 0 Å². The van der Waals surface area contributed by atoms with E-state index < -0.39 is 17.9 Å². The van der Waals surface area contributed by atoms with Gasteiger partial charge in [0.15, 0.2) is 5.69 Å². The highest BCUT2D eigenvalue weighted by molar-refractivity contribution is 5.98. The molecule has 4 N–H and O–H groups in total. The van der Waals surface area contributed by atoms with Gasteiger partial charge in [-0.2, -0.15) is 0 Å². The van der Waals surface area contributed by atoms with Gasteiger partial charge >= 0.3 is 5.97 Å². The number of hydrogen-bond acceptors (Lipinski definition) is 4. The zero-order chi connectivity index (χ0) is 12.1. The molecule has 6 nitrogen and oxygen atoms in total. The lowest BCUT2D eigenvalue weighted by Crippen LogP contribution is -2.40. The molecule has 0 bridgehead atoms. The average molecular weight is 223 g/mol. The molecule has 0 aromatic carbocycles. The van der Waals surface area contributed by atoms with E-state index in [9.17, 15) is 9.59 Å². The number of carboxylic acid groups (broad SMARTS) is 1. The molecule has 1 amide bonds. The molecular weight excluding hydrogens is 210 g/mol. The lowest BCUT2D eigenvalue weighted by atomic mass is 10.2. The fourth-order valence-corrected chi connectivity index (χ4v) is 1.17. The van der Waals surface area contributed by atoms with Crippen molar-refractivity contribution in [3.05, 3.63) is 24.0 Å². The number of aliphatic carboxylic acids is 1. The number of nitrogen functional groups attached to an aromatic ring is 1. The maximum absolute atomic E-state index is 11.6. The van der Waals surface area contributed by atoms with E-state index in [4.69, 9.17) is 10.8 Å². The molecule has 16 heavy (non-hydrogen) atoms. The Balaban J connectivity index is 2.80. The number of pyridine rings is 1. The van der Waals surface area contributed by atoms with Crippen LogP contribution in [0, 0.1) is 0 Å². The zero-order valence-corrected chi connectivity index (χ0v) is 8.80. The van der Waals surface area contributed by atoms with Crippen molar-refractivity contribution in [2.75, 3.05) is 5.73 Å². The molecule has 0 aliphatic carbocycles. The first-order valence-electron chi connectivity index (χ1n) is 4.80. The Morgan fingerprint density at radius 1 is 1.62 bits per heavy atom. The highest BCUT2D eigenvalue weighted by atomic mass is 16.4. The number of aromatic nitrogens is 1. The van der Waals surface area contributed by atoms with Gasteiger partial charge in [-0.1, -0.05) is 6.92 Å². The molecule has 0 radical (unpaired) electrons. The fourth-order valence-electron chi connectivity index (χ4n) is 1.17. The summed E-state index contributed by atoms with van der Waals surface area (Å²) < 4.78 is 0. The Labute approximate surface area is 92.5 Å². The van der Waals surface area contributed by atoms with Crippen LogP contribution < -0.4 is 11.1 Å². The van der Waals surface area contributed by atoms with Gasteiger partial charge in [-0.05, 0) is 18.6 Å². The number of nitrogens with one attached hydrogen (secondary N) is 1. The van der Waals surface area contributed by atoms with Crippen LogP contribution in [0.4, 0.5) is 5.69 Å². The van der Waals surface area contributed by atoms with E-state index in [-0.39, 0.29) is 11.4 Å². The van der Waals surface area contributed by atoms with E-state index in [1.54, 1.807) is 13.0 Å². The zero-order valence-electron chi connectivity index (χ0n) is 8.80. The van der Waals surface area contributed by atoms with Crippen LogP contribution in [-0.2, 0) is 4.79 Å². The van der Waals surface area contributed by atoms with Gasteiger partial charge < -0.3 is 16.2 Å². The number of anilines is 1. The molecule has 0 spiro atoms. The van der Waals surface area contributed by atoms with Crippen LogP contribution in [-0.4, -0.2) is 28.0 Å². The Morgan fingerprint density at radius 2 is 2.31 bits per heavy atom. The van der Waals surface area contributed by atoms with Gasteiger partial charge in [-0.15, -0.1) is 0 Å². The molecule has 1 aromatic heterocycles. The van der Waals surface area contributed by atoms with Gasteiger partial charge in [-0.3, -0.25) is 4.79 Å². The lowest BCUT2D eigenvalue weighted by molar-refractivity contribution is -0.139. The van der Waals surface area contributed by atoms with E-state index in [0.29, 0.717) is 6.42 Å². The minimum absolute atomic E-state index is 0.0437. The predicted molar refractivity (Wildman–Crippen MR) is 57.8 cm³/mol. The Morgan fingerprint density at radius 3 is 2.81 bits per heavy atom. The molecule has 0 aliphatic heterocycles. The van der Waals surface area contributed by atoms with Crippen LogP contribution in [0.15, 0.2) is 18.3 Å². The first-order valence-corrected chi connectivity index (χ1v) is 4.80. The molecule has 86 valence electrons. The van der Waals surface area contributed by atoms with Crippen molar-refractivity contribution in [3.63, 3.8) is 0 Å². The van der Waals surface area contributed by atoms with Gasteiger partial charge in [0.2, 0.25) is 0 Å². The van der Waals surface area contributed by atoms with Crippen molar-refractivity contribution < 1.29 is 14.7 Å². The second kappa shape index (κ2) is 5.11. The van der Waals surface area contributed by atoms with Crippen molar-refractivity contribution in [3.8, 4) is 0 Å². The largest absolute Gasteiger partial charge is 0.480 e. The van der Waals surface area contributed by atoms with Crippen molar-refractivity contribution >= 4 is 17.6 Å². The number of carbonyl (C=O) groups is 2. The van der Waals surface area contributed by atoms with E-state index in [0.717, 1.165) is 0 Å². The first-order chi connectivity index (χ1) is 7.56. The van der Waals surface area contributed by atoms with Crippen LogP contribution in [0.5, 0.6) is 0 Å². The molecule has 6 heteroatoms. The summed E-state index contributed by atoms with van der Waals surface area (Å²) in [5.74, 6) is -1.65. The van der Waals surface area contributed by atoms with E-state index in [1.165, 1.54) is 12.3 Å². The standard InChI is InChI=1S/C10H13N3O3/c1-2-7(10(15)16)13-9(14)8-6(11)4-3-5-12-8/h3-5,7H,2,11H2,1H3,(H,13,14)(H,15,16)/t7-/m0/s1. The van der Waals surface area contributed by atoms with Gasteiger partial charge in [0.05, 0.1) is 5.69 Å². The van der Waals surface area contributed by atoms with Crippen LogP contribution in [0.3, 0.4) is 0 Å². The summed E-state index contributed by atoms with van der Waals surface area (Å²) in [5, 5.41) is 11.1. The Hall–Kier alpha value is -2.11. The van der Waals surface area contributed by atoms with E-state index in [1.807, 2.05) is 0 Å². The minimum Gasteiger partial charge on any atom is -0.480 e. The smallest absolute Gasteiger partial charge is 0.326 e. The minimum atomic E-state index is -1.08. The van der Waals surface area contributed by atoms with Crippen molar-refractivity contribution in [2.45, 2.75) is 19.4 Å². The normalized spacial score (nSPS) is 11.8. The summed E-state index contributed by atoms with van der Waals surface area (Å²) in [6, 6.07) is 2.21. The average Bonchev–Trinajstić information content (AvgIpc) is 2.25. The van der Waals surface area contributed by atoms with Gasteiger partial charge in [-0.25, -0.2) is 9.78 Å². The Kier molecular flexibility index (Phi) is 3.82. The molecule has 1 atom stereocenters. The Bertz CT molecular complexity index is 406. The number of carboxylic acids is 1. The quantitative estimate of drug-likeness (QED) is 0.678. The summed E-state index contributed by atoms with van der Waals surface area (Å²) >= 11 is 0. The first kappa shape index (κ1) is 12.0. The number of nitrogens with two attached hydrogens (primary N) is 1. The summed E-state index contributed by atoms with van der Waals surface area (Å²) in [5.41, 5.74) is 5.81. The number of hydrogen-bond donors (Lipinski definition) is 3. The summed E-state index contributed by atoms with van der Waals surface area (Å²) in [6.45, 7) is 1.67. The maximum Gasteiger partial charge on any atom is 0.326 e. The third-order valence-corrected chi connectivity index (χ3v) is 2.07. The molecule has 0 fully saturated rings. The predicted octanol–water partition coefficient (Wildman–Crippen LogP) is 0.257. The highest BCUT2D eigenvalue weighted by Crippen LogP contribution is 2.07. The topological polar surface area (TPSA) is 105 Å². The molecule has 1 aromatic rings. The number of rotatable bonds is 4. The van der Waals surface area contributed by atoms with Crippen LogP contribution in [0.25, 0.3) is 0 Å². The number of carbonyl (C=O) groups excluding carboxylic acids is 1. The molecule has 0 saturated heterocycles. The van der Waals surface area contributed by atoms with Gasteiger partial charge in [0, 0.05) is 6.20 Å². The molecular formula is C10H13N3O3. The number of nitrogens with zero attached hydrogens (tertiary/aromatic N) is 1. The SMILES string of the molecule is CC[C@H](NC(=O)c1ncccc1N)C(=O)O. The summed E-state index contributed by atoms with van der Waals surface area (Å²) in [6.07, 6.45) is 1.72. The molecule has 0 unspecified atom stereocenters. The maximum atomic E-state index is 11.6. The van der Waals surface area contributed by atoms with Gasteiger partial charge in [0.1, 0.15) is 6.04 Å². The summed E-state index contributed by atoms with van der Waals surface area (Å²) in [7, 11) is 0. The molecule has 1 rings (SSSR count). The highest BCUT2D eigenvalue weighted by Gasteiger charge is 2.20. The van der Waals surface area contributed by atoms with Gasteiger partial charge in [0.25, 0.3) is 5.91 Å². The van der Waals surface area contributed by atoms with Crippen molar-refractivity contribution in [1.82, 2.24) is 10.3 Å². The van der Waals surface area contributed by atoms with E-state index in [2.05, 4.69) is 10.3 Å². The molecule has 0 saturated carbocycles. The fraction of sp³-hybridized carbons (Fsp3) is 0.300. The van der Waals surface area contributed by atoms with Crippen molar-refractivity contribution in [2.24, 2.45) is 0 Å². The number of amides is 1. The lowest BCUT2D eigenvalue weighted by Gasteiger charge is -2.12. The van der Waals surface area contributed by atoms with Crippen LogP contribution >= 0.6 is 0 Å². The monoisotopic (exact) mass is 223 g/mol. The molecule has 0 aliphatic rings.